The SMILES string of the molecule is CC(NC(=O)CC#N)c1ccco1. The number of nitrogens with one attached hydrogen (secondary N) is 1. The first-order chi connectivity index (χ1) is 6.24. The number of furan rings is 1. The fourth-order valence-corrected chi connectivity index (χ4v) is 0.973. The molecule has 0 saturated heterocycles. The number of amides is 1. The van der Waals surface area contributed by atoms with Gasteiger partial charge in [0.2, 0.25) is 5.91 Å². The molecule has 0 bridgehead atoms. The normalized spacial score (nSPS) is 11.7. The molecule has 0 saturated carbocycles. The lowest BCUT2D eigenvalue weighted by atomic mass is 10.2. The molecule has 4 nitrogen and oxygen atoms in total. The highest BCUT2D eigenvalue weighted by Crippen LogP contribution is 2.11. The summed E-state index contributed by atoms with van der Waals surface area (Å²) >= 11 is 0. The zero-order chi connectivity index (χ0) is 9.68. The fourth-order valence-electron chi connectivity index (χ4n) is 0.973. The molecule has 1 aromatic heterocycles. The highest BCUT2D eigenvalue weighted by atomic mass is 16.3. The van der Waals surface area contributed by atoms with E-state index in [0.29, 0.717) is 5.76 Å². The van der Waals surface area contributed by atoms with Gasteiger partial charge in [0.15, 0.2) is 0 Å². The molecule has 0 spiro atoms. The van der Waals surface area contributed by atoms with Gasteiger partial charge in [0.1, 0.15) is 12.2 Å². The molecule has 0 fully saturated rings. The van der Waals surface area contributed by atoms with Crippen LogP contribution in [-0.4, -0.2) is 5.91 Å². The Morgan fingerprint density at radius 2 is 2.62 bits per heavy atom. The lowest BCUT2D eigenvalue weighted by Crippen LogP contribution is -2.25. The van der Waals surface area contributed by atoms with E-state index in [1.165, 1.54) is 0 Å². The van der Waals surface area contributed by atoms with E-state index in [1.807, 2.05) is 0 Å². The van der Waals surface area contributed by atoms with Crippen molar-refractivity contribution >= 4 is 5.91 Å². The molecule has 1 rings (SSSR count). The van der Waals surface area contributed by atoms with Crippen LogP contribution in [0.1, 0.15) is 25.1 Å². The number of carbonyl (C=O) groups is 1. The summed E-state index contributed by atoms with van der Waals surface area (Å²) in [6.07, 6.45) is 1.42. The largest absolute Gasteiger partial charge is 0.467 e. The molecule has 0 aliphatic rings. The van der Waals surface area contributed by atoms with Crippen molar-refractivity contribution in [2.45, 2.75) is 19.4 Å². The van der Waals surface area contributed by atoms with Crippen LogP contribution in [0.15, 0.2) is 22.8 Å². The third-order valence-electron chi connectivity index (χ3n) is 1.59. The lowest BCUT2D eigenvalue weighted by molar-refractivity contribution is -0.120. The quantitative estimate of drug-likeness (QED) is 0.760. The van der Waals surface area contributed by atoms with Crippen LogP contribution in [0.3, 0.4) is 0 Å². The van der Waals surface area contributed by atoms with Crippen LogP contribution in [0.2, 0.25) is 0 Å². The summed E-state index contributed by atoms with van der Waals surface area (Å²) in [5.41, 5.74) is 0. The smallest absolute Gasteiger partial charge is 0.234 e. The molecule has 0 radical (unpaired) electrons. The molecule has 1 N–H and O–H groups in total. The first-order valence-corrected chi connectivity index (χ1v) is 3.93. The van der Waals surface area contributed by atoms with Crippen molar-refractivity contribution in [2.75, 3.05) is 0 Å². The molecule has 1 unspecified atom stereocenters. The molecular formula is C9H10N2O2. The van der Waals surface area contributed by atoms with E-state index >= 15 is 0 Å². The maximum absolute atomic E-state index is 11.0. The number of nitrogens with zero attached hydrogens (tertiary/aromatic N) is 1. The van der Waals surface area contributed by atoms with Gasteiger partial charge in [0.25, 0.3) is 0 Å². The maximum Gasteiger partial charge on any atom is 0.234 e. The predicted octanol–water partition coefficient (Wildman–Crippen LogP) is 1.37. The number of nitriles is 1. The summed E-state index contributed by atoms with van der Waals surface area (Å²) in [7, 11) is 0. The van der Waals surface area contributed by atoms with Crippen molar-refractivity contribution in [2.24, 2.45) is 0 Å². The average molecular weight is 178 g/mol. The van der Waals surface area contributed by atoms with Gasteiger partial charge in [0.05, 0.1) is 18.4 Å². The number of hydrogen-bond acceptors (Lipinski definition) is 3. The molecule has 1 atom stereocenters. The van der Waals surface area contributed by atoms with E-state index in [-0.39, 0.29) is 18.4 Å². The second kappa shape index (κ2) is 4.31. The van der Waals surface area contributed by atoms with Gasteiger partial charge in [0, 0.05) is 0 Å². The summed E-state index contributed by atoms with van der Waals surface area (Å²) in [4.78, 5) is 11.0. The Labute approximate surface area is 76.2 Å². The highest BCUT2D eigenvalue weighted by molar-refractivity contribution is 5.78. The molecular weight excluding hydrogens is 168 g/mol. The van der Waals surface area contributed by atoms with Crippen molar-refractivity contribution in [3.63, 3.8) is 0 Å². The number of carbonyl (C=O) groups excluding carboxylic acids is 1. The van der Waals surface area contributed by atoms with Crippen molar-refractivity contribution in [3.8, 4) is 6.07 Å². The van der Waals surface area contributed by atoms with E-state index in [1.54, 1.807) is 31.4 Å². The van der Waals surface area contributed by atoms with Gasteiger partial charge in [-0.15, -0.1) is 0 Å². The Morgan fingerprint density at radius 3 is 3.15 bits per heavy atom. The number of rotatable bonds is 3. The van der Waals surface area contributed by atoms with Crippen LogP contribution in [-0.2, 0) is 4.79 Å². The summed E-state index contributed by atoms with van der Waals surface area (Å²) in [5, 5.41) is 10.9. The van der Waals surface area contributed by atoms with Crippen LogP contribution in [0.4, 0.5) is 0 Å². The average Bonchev–Trinajstić information content (AvgIpc) is 2.55. The third kappa shape index (κ3) is 2.64. The molecule has 0 aromatic carbocycles. The molecule has 1 heterocycles. The van der Waals surface area contributed by atoms with Crippen LogP contribution in [0.25, 0.3) is 0 Å². The standard InChI is InChI=1S/C9H10N2O2/c1-7(8-3-2-6-13-8)11-9(12)4-5-10/h2-3,6-7H,4H2,1H3,(H,11,12). The summed E-state index contributed by atoms with van der Waals surface area (Å²) in [5.74, 6) is 0.401. The second-order valence-electron chi connectivity index (χ2n) is 2.64. The van der Waals surface area contributed by atoms with Gasteiger partial charge in [-0.3, -0.25) is 4.79 Å². The number of hydrogen-bond donors (Lipinski definition) is 1. The monoisotopic (exact) mass is 178 g/mol. The maximum atomic E-state index is 11.0. The van der Waals surface area contributed by atoms with Crippen LogP contribution in [0, 0.1) is 11.3 Å². The van der Waals surface area contributed by atoms with E-state index in [0.717, 1.165) is 0 Å². The summed E-state index contributed by atoms with van der Waals surface area (Å²) in [6, 6.07) is 5.12. The predicted molar refractivity (Wildman–Crippen MR) is 45.5 cm³/mol. The lowest BCUT2D eigenvalue weighted by Gasteiger charge is -2.08. The minimum absolute atomic E-state index is 0.120. The van der Waals surface area contributed by atoms with Gasteiger partial charge < -0.3 is 9.73 Å². The van der Waals surface area contributed by atoms with Crippen molar-refractivity contribution in [1.82, 2.24) is 5.32 Å². The minimum atomic E-state index is -0.286. The zero-order valence-corrected chi connectivity index (χ0v) is 7.28. The van der Waals surface area contributed by atoms with Crippen molar-refractivity contribution in [3.05, 3.63) is 24.2 Å². The second-order valence-corrected chi connectivity index (χ2v) is 2.64. The van der Waals surface area contributed by atoms with Gasteiger partial charge in [-0.25, -0.2) is 0 Å². The first kappa shape index (κ1) is 9.33. The molecule has 4 heteroatoms. The molecule has 13 heavy (non-hydrogen) atoms. The molecule has 1 aromatic rings. The Bertz CT molecular complexity index is 311. The van der Waals surface area contributed by atoms with Crippen LogP contribution >= 0.6 is 0 Å². The zero-order valence-electron chi connectivity index (χ0n) is 7.28. The van der Waals surface area contributed by atoms with Gasteiger partial charge in [-0.2, -0.15) is 5.26 Å². The Morgan fingerprint density at radius 1 is 1.85 bits per heavy atom. The van der Waals surface area contributed by atoms with Gasteiger partial charge in [-0.05, 0) is 19.1 Å². The minimum Gasteiger partial charge on any atom is -0.467 e. The topological polar surface area (TPSA) is 66.0 Å². The molecule has 68 valence electrons. The van der Waals surface area contributed by atoms with Gasteiger partial charge in [-0.1, -0.05) is 0 Å². The Hall–Kier alpha value is -1.76. The van der Waals surface area contributed by atoms with Crippen molar-refractivity contribution in [1.29, 1.82) is 5.26 Å². The summed E-state index contributed by atoms with van der Waals surface area (Å²) in [6.45, 7) is 1.80. The summed E-state index contributed by atoms with van der Waals surface area (Å²) < 4.78 is 5.08. The van der Waals surface area contributed by atoms with E-state index in [4.69, 9.17) is 9.68 Å². The Kier molecular flexibility index (Phi) is 3.09. The first-order valence-electron chi connectivity index (χ1n) is 3.93. The highest BCUT2D eigenvalue weighted by Gasteiger charge is 2.10. The molecule has 0 aliphatic heterocycles. The molecule has 0 aliphatic carbocycles. The fraction of sp³-hybridized carbons (Fsp3) is 0.333. The van der Waals surface area contributed by atoms with E-state index < -0.39 is 0 Å². The van der Waals surface area contributed by atoms with Crippen LogP contribution < -0.4 is 5.32 Å². The molecule has 1 amide bonds. The third-order valence-corrected chi connectivity index (χ3v) is 1.59. The van der Waals surface area contributed by atoms with E-state index in [2.05, 4.69) is 5.32 Å². The van der Waals surface area contributed by atoms with Crippen molar-refractivity contribution < 1.29 is 9.21 Å². The Balaban J connectivity index is 2.47. The van der Waals surface area contributed by atoms with Gasteiger partial charge >= 0.3 is 0 Å². The van der Waals surface area contributed by atoms with Crippen LogP contribution in [0.5, 0.6) is 0 Å². The van der Waals surface area contributed by atoms with E-state index in [9.17, 15) is 4.79 Å².